The topological polar surface area (TPSA) is 50.4 Å². The Morgan fingerprint density at radius 2 is 1.95 bits per heavy atom. The summed E-state index contributed by atoms with van der Waals surface area (Å²) in [6.45, 7) is 2.04. The summed E-state index contributed by atoms with van der Waals surface area (Å²) in [7, 11) is 3.44. The van der Waals surface area contributed by atoms with Crippen LogP contribution in [0.3, 0.4) is 0 Å². The van der Waals surface area contributed by atoms with Crippen molar-refractivity contribution in [1.82, 2.24) is 5.32 Å². The molecule has 0 aromatic heterocycles. The van der Waals surface area contributed by atoms with E-state index in [1.54, 1.807) is 14.2 Å². The first kappa shape index (κ1) is 14.9. The molecule has 1 aliphatic rings. The van der Waals surface area contributed by atoms with Gasteiger partial charge in [-0.2, -0.15) is 0 Å². The van der Waals surface area contributed by atoms with E-state index in [0.717, 1.165) is 36.9 Å². The summed E-state index contributed by atoms with van der Waals surface area (Å²) in [5, 5.41) is 6.24. The van der Waals surface area contributed by atoms with E-state index < -0.39 is 0 Å². The Balaban J connectivity index is 1.98. The fourth-order valence-electron chi connectivity index (χ4n) is 2.77. The summed E-state index contributed by atoms with van der Waals surface area (Å²) in [6.07, 6.45) is 4.92. The van der Waals surface area contributed by atoms with Gasteiger partial charge in [-0.1, -0.05) is 0 Å². The predicted octanol–water partition coefficient (Wildman–Crippen LogP) is 2.72. The molecule has 2 rings (SSSR count). The van der Waals surface area contributed by atoms with Gasteiger partial charge in [0.05, 0.1) is 6.10 Å². The van der Waals surface area contributed by atoms with E-state index in [0.29, 0.717) is 17.7 Å². The summed E-state index contributed by atoms with van der Waals surface area (Å²) in [6, 6.07) is 6.31. The number of methoxy groups -OCH3 is 1. The van der Waals surface area contributed by atoms with Crippen LogP contribution in [0.1, 0.15) is 41.6 Å². The molecule has 0 saturated heterocycles. The molecule has 0 bridgehead atoms. The second-order valence-electron chi connectivity index (χ2n) is 5.46. The first-order chi connectivity index (χ1) is 9.63. The lowest BCUT2D eigenvalue weighted by atomic mass is 9.92. The Kier molecular flexibility index (Phi) is 5.01. The van der Waals surface area contributed by atoms with Gasteiger partial charge in [-0.3, -0.25) is 4.79 Å². The van der Waals surface area contributed by atoms with Crippen molar-refractivity contribution in [3.05, 3.63) is 29.3 Å². The molecule has 1 aromatic rings. The fourth-order valence-corrected chi connectivity index (χ4v) is 2.77. The van der Waals surface area contributed by atoms with Crippen molar-refractivity contribution in [3.63, 3.8) is 0 Å². The Morgan fingerprint density at radius 1 is 1.25 bits per heavy atom. The highest BCUT2D eigenvalue weighted by atomic mass is 16.5. The number of amides is 1. The Morgan fingerprint density at radius 3 is 2.50 bits per heavy atom. The highest BCUT2D eigenvalue weighted by Crippen LogP contribution is 2.25. The first-order valence-corrected chi connectivity index (χ1v) is 7.26. The van der Waals surface area contributed by atoms with Gasteiger partial charge in [0.15, 0.2) is 0 Å². The van der Waals surface area contributed by atoms with Crippen LogP contribution in [0, 0.1) is 6.92 Å². The molecule has 20 heavy (non-hydrogen) atoms. The third-order valence-corrected chi connectivity index (χ3v) is 4.08. The van der Waals surface area contributed by atoms with Gasteiger partial charge in [-0.25, -0.2) is 0 Å². The minimum atomic E-state index is -0.0414. The summed E-state index contributed by atoms with van der Waals surface area (Å²) in [4.78, 5) is 11.6. The highest BCUT2D eigenvalue weighted by molar-refractivity contribution is 5.94. The number of nitrogens with one attached hydrogen (secondary N) is 2. The lowest BCUT2D eigenvalue weighted by Gasteiger charge is -2.29. The van der Waals surface area contributed by atoms with Gasteiger partial charge in [0.25, 0.3) is 5.91 Å². The van der Waals surface area contributed by atoms with Crippen LogP contribution in [0.2, 0.25) is 0 Å². The van der Waals surface area contributed by atoms with E-state index in [9.17, 15) is 4.79 Å². The van der Waals surface area contributed by atoms with Gasteiger partial charge < -0.3 is 15.4 Å². The number of rotatable bonds is 4. The molecule has 1 fully saturated rings. The molecular weight excluding hydrogens is 252 g/mol. The largest absolute Gasteiger partial charge is 0.382 e. The van der Waals surface area contributed by atoms with Crippen LogP contribution in [0.5, 0.6) is 0 Å². The summed E-state index contributed by atoms with van der Waals surface area (Å²) >= 11 is 0. The minimum absolute atomic E-state index is 0.0414. The summed E-state index contributed by atoms with van der Waals surface area (Å²) in [5.74, 6) is -0.0414. The molecular formula is C16H24N2O2. The second-order valence-corrected chi connectivity index (χ2v) is 5.46. The van der Waals surface area contributed by atoms with E-state index in [1.807, 2.05) is 25.1 Å². The molecule has 4 nitrogen and oxygen atoms in total. The summed E-state index contributed by atoms with van der Waals surface area (Å²) < 4.78 is 5.40. The number of benzene rings is 1. The standard InChI is InChI=1S/C16H24N2O2/c1-11-10-12(16(19)17-2)4-9-15(11)18-13-5-7-14(20-3)8-6-13/h4,9-10,13-14,18H,5-8H2,1-3H3,(H,17,19). The van der Waals surface area contributed by atoms with Crippen molar-refractivity contribution in [3.8, 4) is 0 Å². The minimum Gasteiger partial charge on any atom is -0.382 e. The van der Waals surface area contributed by atoms with Crippen molar-refractivity contribution >= 4 is 11.6 Å². The fraction of sp³-hybridized carbons (Fsp3) is 0.562. The molecule has 0 unspecified atom stereocenters. The van der Waals surface area contributed by atoms with Crippen LogP contribution >= 0.6 is 0 Å². The number of hydrogen-bond acceptors (Lipinski definition) is 3. The van der Waals surface area contributed by atoms with Crippen molar-refractivity contribution in [2.45, 2.75) is 44.8 Å². The lowest BCUT2D eigenvalue weighted by molar-refractivity contribution is 0.0682. The maximum Gasteiger partial charge on any atom is 0.251 e. The van der Waals surface area contributed by atoms with E-state index in [1.165, 1.54) is 0 Å². The van der Waals surface area contributed by atoms with Gasteiger partial charge in [-0.05, 0) is 56.4 Å². The number of carbonyl (C=O) groups excluding carboxylic acids is 1. The highest BCUT2D eigenvalue weighted by Gasteiger charge is 2.21. The maximum atomic E-state index is 11.6. The molecule has 0 aliphatic heterocycles. The molecule has 110 valence electrons. The maximum absolute atomic E-state index is 11.6. The van der Waals surface area contributed by atoms with Gasteiger partial charge >= 0.3 is 0 Å². The van der Waals surface area contributed by atoms with Gasteiger partial charge in [0.2, 0.25) is 0 Å². The Bertz CT molecular complexity index is 466. The van der Waals surface area contributed by atoms with Crippen LogP contribution in [-0.2, 0) is 4.74 Å². The molecule has 2 N–H and O–H groups in total. The molecule has 0 atom stereocenters. The summed E-state index contributed by atoms with van der Waals surface area (Å²) in [5.41, 5.74) is 2.94. The number of hydrogen-bond donors (Lipinski definition) is 2. The van der Waals surface area contributed by atoms with E-state index in [2.05, 4.69) is 10.6 Å². The zero-order valence-electron chi connectivity index (χ0n) is 12.5. The Labute approximate surface area is 120 Å². The molecule has 4 heteroatoms. The average Bonchev–Trinajstić information content (AvgIpc) is 2.49. The normalized spacial score (nSPS) is 22.4. The van der Waals surface area contributed by atoms with Gasteiger partial charge in [-0.15, -0.1) is 0 Å². The molecule has 1 aromatic carbocycles. The monoisotopic (exact) mass is 276 g/mol. The second kappa shape index (κ2) is 6.75. The molecule has 1 saturated carbocycles. The van der Waals surface area contributed by atoms with Crippen LogP contribution in [0.25, 0.3) is 0 Å². The van der Waals surface area contributed by atoms with Crippen LogP contribution in [0.4, 0.5) is 5.69 Å². The molecule has 0 spiro atoms. The zero-order valence-corrected chi connectivity index (χ0v) is 12.5. The molecule has 1 aliphatic carbocycles. The number of aryl methyl sites for hydroxylation is 1. The smallest absolute Gasteiger partial charge is 0.251 e. The SMILES string of the molecule is CNC(=O)c1ccc(NC2CCC(OC)CC2)c(C)c1. The van der Waals surface area contributed by atoms with Crippen molar-refractivity contribution in [1.29, 1.82) is 0 Å². The number of ether oxygens (including phenoxy) is 1. The van der Waals surface area contributed by atoms with Crippen LogP contribution in [-0.4, -0.2) is 32.2 Å². The number of carbonyl (C=O) groups is 1. The van der Waals surface area contributed by atoms with Crippen molar-refractivity contribution in [2.75, 3.05) is 19.5 Å². The van der Waals surface area contributed by atoms with E-state index >= 15 is 0 Å². The lowest BCUT2D eigenvalue weighted by Crippen LogP contribution is -2.29. The van der Waals surface area contributed by atoms with Gasteiger partial charge in [0.1, 0.15) is 0 Å². The molecule has 0 heterocycles. The third kappa shape index (κ3) is 3.51. The van der Waals surface area contributed by atoms with Gasteiger partial charge in [0, 0.05) is 31.5 Å². The van der Waals surface area contributed by atoms with Crippen molar-refractivity contribution in [2.24, 2.45) is 0 Å². The number of anilines is 1. The third-order valence-electron chi connectivity index (χ3n) is 4.08. The predicted molar refractivity (Wildman–Crippen MR) is 81.2 cm³/mol. The average molecular weight is 276 g/mol. The van der Waals surface area contributed by atoms with Crippen molar-refractivity contribution < 1.29 is 9.53 Å². The zero-order chi connectivity index (χ0) is 14.5. The van der Waals surface area contributed by atoms with Crippen LogP contribution in [0.15, 0.2) is 18.2 Å². The molecule has 1 amide bonds. The van der Waals surface area contributed by atoms with Crippen LogP contribution < -0.4 is 10.6 Å². The molecule has 0 radical (unpaired) electrons. The van der Waals surface area contributed by atoms with E-state index in [4.69, 9.17) is 4.74 Å². The first-order valence-electron chi connectivity index (χ1n) is 7.26. The quantitative estimate of drug-likeness (QED) is 0.889. The van der Waals surface area contributed by atoms with E-state index in [-0.39, 0.29) is 5.91 Å². The Hall–Kier alpha value is -1.55.